The zero-order valence-electron chi connectivity index (χ0n) is 18.8. The summed E-state index contributed by atoms with van der Waals surface area (Å²) in [4.78, 5) is 22.5. The number of piperazine rings is 1. The molecular weight excluding hydrogens is 424 g/mol. The molecule has 1 saturated heterocycles. The van der Waals surface area contributed by atoms with Crippen molar-refractivity contribution in [1.82, 2.24) is 9.62 Å². The van der Waals surface area contributed by atoms with E-state index in [4.69, 9.17) is 0 Å². The third-order valence-corrected chi connectivity index (χ3v) is 7.81. The number of hydrogen-bond donors (Lipinski definition) is 1. The van der Waals surface area contributed by atoms with Gasteiger partial charge in [0, 0.05) is 37.4 Å². The van der Waals surface area contributed by atoms with Crippen molar-refractivity contribution in [3.05, 3.63) is 59.7 Å². The fraction of sp³-hybridized carbons (Fsp3) is 0.417. The Hall–Kier alpha value is -2.87. The SMILES string of the molecule is CC[C@H](C)[C@H](N=C1NS(=O)(=O)c2ccccc21)C(=O)N1CCN(c2ccccc2C)CC1. The molecule has 2 atom stereocenters. The average molecular weight is 455 g/mol. The Kier molecular flexibility index (Phi) is 6.24. The van der Waals surface area contributed by atoms with Gasteiger partial charge >= 0.3 is 0 Å². The highest BCUT2D eigenvalue weighted by atomic mass is 32.2. The molecule has 2 aromatic rings. The third kappa shape index (κ3) is 4.24. The van der Waals surface area contributed by atoms with E-state index in [0.717, 1.165) is 19.5 Å². The molecule has 2 aliphatic heterocycles. The summed E-state index contributed by atoms with van der Waals surface area (Å²) in [5.41, 5.74) is 2.96. The van der Waals surface area contributed by atoms with E-state index in [1.165, 1.54) is 11.3 Å². The van der Waals surface area contributed by atoms with Gasteiger partial charge in [0.15, 0.2) is 0 Å². The fourth-order valence-electron chi connectivity index (χ4n) is 4.29. The number of aliphatic imine (C=N–C) groups is 1. The molecule has 7 nitrogen and oxygen atoms in total. The largest absolute Gasteiger partial charge is 0.368 e. The maximum Gasteiger partial charge on any atom is 0.263 e. The van der Waals surface area contributed by atoms with Gasteiger partial charge in [-0.1, -0.05) is 50.6 Å². The summed E-state index contributed by atoms with van der Waals surface area (Å²) in [5.74, 6) is 0.208. The number of amidine groups is 1. The van der Waals surface area contributed by atoms with Crippen LogP contribution in [0.2, 0.25) is 0 Å². The molecule has 4 rings (SSSR count). The van der Waals surface area contributed by atoms with Crippen molar-refractivity contribution in [2.24, 2.45) is 10.9 Å². The quantitative estimate of drug-likeness (QED) is 0.753. The Morgan fingerprint density at radius 1 is 1.06 bits per heavy atom. The van der Waals surface area contributed by atoms with Crippen LogP contribution in [0.1, 0.15) is 31.4 Å². The van der Waals surface area contributed by atoms with Crippen LogP contribution >= 0.6 is 0 Å². The van der Waals surface area contributed by atoms with Crippen molar-refractivity contribution in [2.45, 2.75) is 38.1 Å². The molecule has 1 amide bonds. The Bertz CT molecular complexity index is 1140. The zero-order valence-corrected chi connectivity index (χ0v) is 19.6. The topological polar surface area (TPSA) is 82.1 Å². The molecule has 0 spiro atoms. The summed E-state index contributed by atoms with van der Waals surface area (Å²) in [7, 11) is -3.64. The minimum Gasteiger partial charge on any atom is -0.368 e. The number of rotatable bonds is 5. The normalized spacial score (nSPS) is 20.5. The second-order valence-corrected chi connectivity index (χ2v) is 10.2. The predicted molar refractivity (Wildman–Crippen MR) is 127 cm³/mol. The first kappa shape index (κ1) is 22.3. The lowest BCUT2D eigenvalue weighted by Gasteiger charge is -2.38. The molecule has 8 heteroatoms. The summed E-state index contributed by atoms with van der Waals surface area (Å²) in [6.07, 6.45) is 0.769. The van der Waals surface area contributed by atoms with Crippen LogP contribution < -0.4 is 9.62 Å². The van der Waals surface area contributed by atoms with Gasteiger partial charge in [-0.25, -0.2) is 8.42 Å². The van der Waals surface area contributed by atoms with Crippen LogP contribution in [0.15, 0.2) is 58.4 Å². The second-order valence-electron chi connectivity index (χ2n) is 8.51. The standard InChI is InChI=1S/C24H30N4O3S/c1-4-17(2)22(25-23-19-10-6-8-12-21(19)32(30,31)26-23)24(29)28-15-13-27(14-16-28)20-11-7-5-9-18(20)3/h5-12,17,22H,4,13-16H2,1-3H3,(H,25,26)/t17-,22-/m0/s1. The van der Waals surface area contributed by atoms with Gasteiger partial charge in [-0.3, -0.25) is 14.5 Å². The highest BCUT2D eigenvalue weighted by molar-refractivity contribution is 7.90. The van der Waals surface area contributed by atoms with E-state index in [1.54, 1.807) is 24.3 Å². The Morgan fingerprint density at radius 2 is 1.72 bits per heavy atom. The molecule has 0 aromatic heterocycles. The number of aryl methyl sites for hydroxylation is 1. The van der Waals surface area contributed by atoms with Crippen LogP contribution in [0.4, 0.5) is 5.69 Å². The molecule has 2 aromatic carbocycles. The molecule has 1 N–H and O–H groups in total. The molecule has 0 unspecified atom stereocenters. The monoisotopic (exact) mass is 454 g/mol. The van der Waals surface area contributed by atoms with E-state index in [0.29, 0.717) is 18.7 Å². The van der Waals surface area contributed by atoms with Gasteiger partial charge in [0.05, 0.1) is 4.90 Å². The van der Waals surface area contributed by atoms with Crippen molar-refractivity contribution < 1.29 is 13.2 Å². The first-order valence-electron chi connectivity index (χ1n) is 11.1. The van der Waals surface area contributed by atoms with Gasteiger partial charge in [-0.2, -0.15) is 0 Å². The molecule has 0 aliphatic carbocycles. The van der Waals surface area contributed by atoms with E-state index in [1.807, 2.05) is 30.9 Å². The number of hydrogen-bond acceptors (Lipinski definition) is 5. The number of amides is 1. The number of nitrogens with one attached hydrogen (secondary N) is 1. The minimum absolute atomic E-state index is 0.0123. The lowest BCUT2D eigenvalue weighted by Crippen LogP contribution is -2.52. The number of sulfonamides is 1. The van der Waals surface area contributed by atoms with Crippen LogP contribution in [0.5, 0.6) is 0 Å². The van der Waals surface area contributed by atoms with Crippen LogP contribution in [0, 0.1) is 12.8 Å². The first-order chi connectivity index (χ1) is 15.3. The highest BCUT2D eigenvalue weighted by Crippen LogP contribution is 2.26. The number of nitrogens with zero attached hydrogens (tertiary/aromatic N) is 3. The minimum atomic E-state index is -3.64. The number of benzene rings is 2. The van der Waals surface area contributed by atoms with Crippen molar-refractivity contribution >= 4 is 27.5 Å². The summed E-state index contributed by atoms with van der Waals surface area (Å²) < 4.78 is 27.5. The number of carbonyl (C=O) groups excluding carboxylic acids is 1. The number of fused-ring (bicyclic) bond motifs is 1. The van der Waals surface area contributed by atoms with Gasteiger partial charge in [-0.15, -0.1) is 0 Å². The zero-order chi connectivity index (χ0) is 22.9. The van der Waals surface area contributed by atoms with Crippen LogP contribution in [0.3, 0.4) is 0 Å². The lowest BCUT2D eigenvalue weighted by atomic mass is 9.97. The lowest BCUT2D eigenvalue weighted by molar-refractivity contribution is -0.133. The van der Waals surface area contributed by atoms with Gasteiger partial charge in [0.2, 0.25) is 5.91 Å². The van der Waals surface area contributed by atoms with Gasteiger partial charge < -0.3 is 9.80 Å². The molecule has 1 fully saturated rings. The molecule has 2 aliphatic rings. The molecular formula is C24H30N4O3S. The van der Waals surface area contributed by atoms with E-state index in [9.17, 15) is 13.2 Å². The van der Waals surface area contributed by atoms with Crippen molar-refractivity contribution in [3.8, 4) is 0 Å². The summed E-state index contributed by atoms with van der Waals surface area (Å²) >= 11 is 0. The Balaban J connectivity index is 1.54. The summed E-state index contributed by atoms with van der Waals surface area (Å²) in [6.45, 7) is 8.87. The third-order valence-electron chi connectivity index (χ3n) is 6.41. The fourth-order valence-corrected chi connectivity index (χ4v) is 5.53. The highest BCUT2D eigenvalue weighted by Gasteiger charge is 2.35. The van der Waals surface area contributed by atoms with E-state index in [2.05, 4.69) is 33.7 Å². The average Bonchev–Trinajstić information content (AvgIpc) is 3.07. The molecule has 32 heavy (non-hydrogen) atoms. The van der Waals surface area contributed by atoms with Crippen molar-refractivity contribution in [2.75, 3.05) is 31.1 Å². The molecule has 2 heterocycles. The maximum absolute atomic E-state index is 13.5. The van der Waals surface area contributed by atoms with E-state index in [-0.39, 0.29) is 22.6 Å². The van der Waals surface area contributed by atoms with Gasteiger partial charge in [0.1, 0.15) is 11.9 Å². The number of anilines is 1. The molecule has 0 bridgehead atoms. The van der Waals surface area contributed by atoms with E-state index < -0.39 is 16.1 Å². The molecule has 0 radical (unpaired) electrons. The molecule has 170 valence electrons. The Morgan fingerprint density at radius 3 is 2.41 bits per heavy atom. The van der Waals surface area contributed by atoms with E-state index >= 15 is 0 Å². The van der Waals surface area contributed by atoms with Crippen molar-refractivity contribution in [1.29, 1.82) is 0 Å². The summed E-state index contributed by atoms with van der Waals surface area (Å²) in [6, 6.07) is 14.4. The van der Waals surface area contributed by atoms with Gasteiger partial charge in [0.25, 0.3) is 10.0 Å². The Labute approximate surface area is 190 Å². The second kappa shape index (κ2) is 8.94. The maximum atomic E-state index is 13.5. The summed E-state index contributed by atoms with van der Waals surface area (Å²) in [5, 5.41) is 0. The molecule has 0 saturated carbocycles. The van der Waals surface area contributed by atoms with Gasteiger partial charge in [-0.05, 0) is 36.6 Å². The van der Waals surface area contributed by atoms with Crippen LogP contribution in [-0.2, 0) is 14.8 Å². The number of carbonyl (C=O) groups is 1. The van der Waals surface area contributed by atoms with Crippen LogP contribution in [-0.4, -0.2) is 57.3 Å². The number of para-hydroxylation sites is 1. The smallest absolute Gasteiger partial charge is 0.263 e. The van der Waals surface area contributed by atoms with Crippen molar-refractivity contribution in [3.63, 3.8) is 0 Å². The first-order valence-corrected chi connectivity index (χ1v) is 12.6. The van der Waals surface area contributed by atoms with Crippen LogP contribution in [0.25, 0.3) is 0 Å². The predicted octanol–water partition coefficient (Wildman–Crippen LogP) is 2.80.